The molecule has 0 amide bonds. The number of benzene rings is 1. The number of nitrogens with one attached hydrogen (secondary N) is 1. The zero-order valence-corrected chi connectivity index (χ0v) is 14.2. The normalized spacial score (nSPS) is 17.1. The lowest BCUT2D eigenvalue weighted by atomic mass is 10.2. The number of hydrogen-bond donors (Lipinski definition) is 1. The fraction of sp³-hybridized carbons (Fsp3) is 0.533. The highest BCUT2D eigenvalue weighted by molar-refractivity contribution is 9.10. The van der Waals surface area contributed by atoms with E-state index in [-0.39, 0.29) is 5.82 Å². The standard InChI is InChI=1S/C15H22BrFN4/c1-3-19-15(18-2)21-8-6-20(7-9-21)11-12-4-5-13(16)14(17)10-12/h4-5,10H,3,6-9,11H2,1-2H3,(H,18,19). The molecule has 1 aromatic rings. The maximum atomic E-state index is 13.5. The Morgan fingerprint density at radius 2 is 2.05 bits per heavy atom. The number of halogens is 2. The number of nitrogens with zero attached hydrogens (tertiary/aromatic N) is 3. The molecule has 1 N–H and O–H groups in total. The van der Waals surface area contributed by atoms with E-state index in [9.17, 15) is 4.39 Å². The van der Waals surface area contributed by atoms with Crippen LogP contribution < -0.4 is 5.32 Å². The fourth-order valence-electron chi connectivity index (χ4n) is 2.50. The molecule has 1 aliphatic heterocycles. The molecule has 1 aliphatic rings. The van der Waals surface area contributed by atoms with E-state index >= 15 is 0 Å². The molecule has 0 bridgehead atoms. The first-order chi connectivity index (χ1) is 10.1. The SMILES string of the molecule is CCNC(=NC)N1CCN(Cc2ccc(Br)c(F)c2)CC1. The summed E-state index contributed by atoms with van der Waals surface area (Å²) >= 11 is 3.19. The zero-order chi connectivity index (χ0) is 15.2. The molecule has 2 rings (SSSR count). The molecule has 0 spiro atoms. The second-order valence-electron chi connectivity index (χ2n) is 5.09. The number of rotatable bonds is 3. The van der Waals surface area contributed by atoms with Crippen LogP contribution in [0.2, 0.25) is 0 Å². The monoisotopic (exact) mass is 356 g/mol. The summed E-state index contributed by atoms with van der Waals surface area (Å²) in [5.41, 5.74) is 1.01. The molecule has 116 valence electrons. The molecular formula is C15H22BrFN4. The van der Waals surface area contributed by atoms with Crippen LogP contribution in [-0.4, -0.2) is 55.5 Å². The van der Waals surface area contributed by atoms with Gasteiger partial charge in [0.25, 0.3) is 0 Å². The molecule has 0 radical (unpaired) electrons. The van der Waals surface area contributed by atoms with Gasteiger partial charge in [0.05, 0.1) is 4.47 Å². The Morgan fingerprint density at radius 1 is 1.33 bits per heavy atom. The predicted octanol–water partition coefficient (Wildman–Crippen LogP) is 2.30. The number of piperazine rings is 1. The van der Waals surface area contributed by atoms with Crippen LogP contribution in [-0.2, 0) is 6.54 Å². The van der Waals surface area contributed by atoms with E-state index in [1.807, 2.05) is 13.1 Å². The van der Waals surface area contributed by atoms with Gasteiger partial charge in [0.1, 0.15) is 5.82 Å². The van der Waals surface area contributed by atoms with Crippen LogP contribution in [0.4, 0.5) is 4.39 Å². The van der Waals surface area contributed by atoms with E-state index in [0.717, 1.165) is 50.8 Å². The average Bonchev–Trinajstić information content (AvgIpc) is 2.49. The van der Waals surface area contributed by atoms with Crippen molar-refractivity contribution < 1.29 is 4.39 Å². The summed E-state index contributed by atoms with van der Waals surface area (Å²) < 4.78 is 14.1. The summed E-state index contributed by atoms with van der Waals surface area (Å²) in [7, 11) is 1.81. The van der Waals surface area contributed by atoms with Crippen LogP contribution in [0.1, 0.15) is 12.5 Å². The van der Waals surface area contributed by atoms with Gasteiger partial charge in [-0.15, -0.1) is 0 Å². The first-order valence-electron chi connectivity index (χ1n) is 7.26. The maximum absolute atomic E-state index is 13.5. The van der Waals surface area contributed by atoms with Crippen molar-refractivity contribution in [3.05, 3.63) is 34.1 Å². The van der Waals surface area contributed by atoms with Gasteiger partial charge in [0.15, 0.2) is 5.96 Å². The number of guanidine groups is 1. The van der Waals surface area contributed by atoms with E-state index < -0.39 is 0 Å². The topological polar surface area (TPSA) is 30.9 Å². The molecule has 0 aromatic heterocycles. The Bertz CT molecular complexity index is 498. The van der Waals surface area contributed by atoms with E-state index in [0.29, 0.717) is 4.47 Å². The van der Waals surface area contributed by atoms with Gasteiger partial charge in [-0.3, -0.25) is 9.89 Å². The van der Waals surface area contributed by atoms with E-state index in [1.54, 1.807) is 12.1 Å². The van der Waals surface area contributed by atoms with Crippen molar-refractivity contribution in [3.8, 4) is 0 Å². The van der Waals surface area contributed by atoms with Gasteiger partial charge in [-0.05, 0) is 40.5 Å². The third-order valence-electron chi connectivity index (χ3n) is 3.61. The first-order valence-corrected chi connectivity index (χ1v) is 8.05. The van der Waals surface area contributed by atoms with Crippen LogP contribution >= 0.6 is 15.9 Å². The summed E-state index contributed by atoms with van der Waals surface area (Å²) in [6.07, 6.45) is 0. The van der Waals surface area contributed by atoms with Crippen molar-refractivity contribution in [2.24, 2.45) is 4.99 Å². The van der Waals surface area contributed by atoms with Gasteiger partial charge < -0.3 is 10.2 Å². The Morgan fingerprint density at radius 3 is 2.62 bits per heavy atom. The van der Waals surface area contributed by atoms with Gasteiger partial charge in [0, 0.05) is 46.3 Å². The van der Waals surface area contributed by atoms with Gasteiger partial charge in [0.2, 0.25) is 0 Å². The molecular weight excluding hydrogens is 335 g/mol. The highest BCUT2D eigenvalue weighted by Gasteiger charge is 2.19. The van der Waals surface area contributed by atoms with E-state index in [2.05, 4.69) is 43.0 Å². The Balaban J connectivity index is 1.87. The van der Waals surface area contributed by atoms with Crippen molar-refractivity contribution in [2.45, 2.75) is 13.5 Å². The van der Waals surface area contributed by atoms with Gasteiger partial charge in [-0.1, -0.05) is 6.07 Å². The van der Waals surface area contributed by atoms with Crippen LogP contribution in [0, 0.1) is 5.82 Å². The third kappa shape index (κ3) is 4.41. The number of aliphatic imine (C=N–C) groups is 1. The lowest BCUT2D eigenvalue weighted by Crippen LogP contribution is -2.52. The first kappa shape index (κ1) is 16.2. The zero-order valence-electron chi connectivity index (χ0n) is 12.6. The lowest BCUT2D eigenvalue weighted by Gasteiger charge is -2.36. The highest BCUT2D eigenvalue weighted by atomic mass is 79.9. The summed E-state index contributed by atoms with van der Waals surface area (Å²) in [5, 5.41) is 3.28. The Kier molecular flexibility index (Phi) is 5.99. The maximum Gasteiger partial charge on any atom is 0.193 e. The smallest absolute Gasteiger partial charge is 0.193 e. The summed E-state index contributed by atoms with van der Waals surface area (Å²) in [6.45, 7) is 7.55. The van der Waals surface area contributed by atoms with Crippen LogP contribution in [0.5, 0.6) is 0 Å². The van der Waals surface area contributed by atoms with Crippen molar-refractivity contribution in [2.75, 3.05) is 39.8 Å². The van der Waals surface area contributed by atoms with Gasteiger partial charge >= 0.3 is 0 Å². The molecule has 0 aliphatic carbocycles. The quantitative estimate of drug-likeness (QED) is 0.665. The molecule has 0 unspecified atom stereocenters. The molecule has 6 heteroatoms. The van der Waals surface area contributed by atoms with E-state index in [4.69, 9.17) is 0 Å². The van der Waals surface area contributed by atoms with Crippen LogP contribution in [0.3, 0.4) is 0 Å². The predicted molar refractivity (Wildman–Crippen MR) is 88.0 cm³/mol. The van der Waals surface area contributed by atoms with Crippen molar-refractivity contribution in [3.63, 3.8) is 0 Å². The van der Waals surface area contributed by atoms with Crippen LogP contribution in [0.15, 0.2) is 27.7 Å². The van der Waals surface area contributed by atoms with Gasteiger partial charge in [-0.2, -0.15) is 0 Å². The second kappa shape index (κ2) is 7.75. The minimum atomic E-state index is -0.196. The second-order valence-corrected chi connectivity index (χ2v) is 5.94. The summed E-state index contributed by atoms with van der Waals surface area (Å²) in [4.78, 5) is 8.90. The molecule has 0 saturated carbocycles. The molecule has 1 saturated heterocycles. The Labute approximate surface area is 134 Å². The largest absolute Gasteiger partial charge is 0.357 e. The Hall–Kier alpha value is -1.14. The molecule has 0 atom stereocenters. The van der Waals surface area contributed by atoms with Crippen molar-refractivity contribution >= 4 is 21.9 Å². The van der Waals surface area contributed by atoms with Crippen molar-refractivity contribution in [1.82, 2.24) is 15.1 Å². The summed E-state index contributed by atoms with van der Waals surface area (Å²) in [6, 6.07) is 5.35. The van der Waals surface area contributed by atoms with Crippen LogP contribution in [0.25, 0.3) is 0 Å². The molecule has 4 nitrogen and oxygen atoms in total. The minimum Gasteiger partial charge on any atom is -0.357 e. The fourth-order valence-corrected chi connectivity index (χ4v) is 2.75. The van der Waals surface area contributed by atoms with Gasteiger partial charge in [-0.25, -0.2) is 4.39 Å². The number of hydrogen-bond acceptors (Lipinski definition) is 2. The molecule has 1 heterocycles. The van der Waals surface area contributed by atoms with Crippen molar-refractivity contribution in [1.29, 1.82) is 0 Å². The minimum absolute atomic E-state index is 0.196. The lowest BCUT2D eigenvalue weighted by molar-refractivity contribution is 0.172. The average molecular weight is 357 g/mol. The van der Waals surface area contributed by atoms with E-state index in [1.165, 1.54) is 0 Å². The third-order valence-corrected chi connectivity index (χ3v) is 4.25. The highest BCUT2D eigenvalue weighted by Crippen LogP contribution is 2.18. The molecule has 1 fully saturated rings. The molecule has 21 heavy (non-hydrogen) atoms. The molecule has 1 aromatic carbocycles. The summed E-state index contributed by atoms with van der Waals surface area (Å²) in [5.74, 6) is 0.769.